The van der Waals surface area contributed by atoms with E-state index in [0.717, 1.165) is 0 Å². The third-order valence-electron chi connectivity index (χ3n) is 4.87. The van der Waals surface area contributed by atoms with Crippen LogP contribution < -0.4 is 5.32 Å². The van der Waals surface area contributed by atoms with Gasteiger partial charge < -0.3 is 5.32 Å². The lowest BCUT2D eigenvalue weighted by atomic mass is 9.72. The van der Waals surface area contributed by atoms with Gasteiger partial charge in [-0.05, 0) is 24.0 Å². The maximum Gasteiger partial charge on any atom is 0.0662 e. The Kier molecular flexibility index (Phi) is 2.49. The van der Waals surface area contributed by atoms with Crippen molar-refractivity contribution in [3.63, 3.8) is 0 Å². The second-order valence-corrected chi connectivity index (χ2v) is 5.83. The molecule has 4 rings (SSSR count). The van der Waals surface area contributed by atoms with Crippen LogP contribution >= 0.6 is 0 Å². The minimum Gasteiger partial charge on any atom is -0.301 e. The lowest BCUT2D eigenvalue weighted by Gasteiger charge is -2.31. The Labute approximate surface area is 114 Å². The summed E-state index contributed by atoms with van der Waals surface area (Å²) in [4.78, 5) is 0. The molecule has 1 aliphatic carbocycles. The van der Waals surface area contributed by atoms with Crippen LogP contribution in [-0.4, -0.2) is 6.04 Å². The van der Waals surface area contributed by atoms with Crippen molar-refractivity contribution in [3.05, 3.63) is 71.8 Å². The van der Waals surface area contributed by atoms with Crippen molar-refractivity contribution in [2.24, 2.45) is 0 Å². The van der Waals surface area contributed by atoms with E-state index >= 15 is 0 Å². The zero-order valence-electron chi connectivity index (χ0n) is 11.0. The van der Waals surface area contributed by atoms with Gasteiger partial charge in [0.05, 0.1) is 5.54 Å². The molecule has 19 heavy (non-hydrogen) atoms. The summed E-state index contributed by atoms with van der Waals surface area (Å²) in [5, 5.41) is 3.81. The molecule has 3 atom stereocenters. The van der Waals surface area contributed by atoms with E-state index in [0.29, 0.717) is 12.0 Å². The van der Waals surface area contributed by atoms with E-state index in [9.17, 15) is 0 Å². The SMILES string of the molecule is c1ccc([C@@H]2CCCC3N[C@@]32c2ccccc2)cc1. The van der Waals surface area contributed by atoms with Crippen LogP contribution in [0.2, 0.25) is 0 Å². The molecule has 1 N–H and O–H groups in total. The monoisotopic (exact) mass is 249 g/mol. The predicted octanol–water partition coefficient (Wildman–Crippen LogP) is 3.82. The topological polar surface area (TPSA) is 21.9 Å². The molecule has 1 saturated carbocycles. The summed E-state index contributed by atoms with van der Waals surface area (Å²) < 4.78 is 0. The van der Waals surface area contributed by atoms with Crippen molar-refractivity contribution in [2.75, 3.05) is 0 Å². The van der Waals surface area contributed by atoms with Crippen LogP contribution in [0.25, 0.3) is 0 Å². The van der Waals surface area contributed by atoms with Gasteiger partial charge in [0.1, 0.15) is 0 Å². The van der Waals surface area contributed by atoms with Crippen LogP contribution in [0.15, 0.2) is 60.7 Å². The summed E-state index contributed by atoms with van der Waals surface area (Å²) in [6.07, 6.45) is 3.95. The van der Waals surface area contributed by atoms with Crippen molar-refractivity contribution >= 4 is 0 Å². The Balaban J connectivity index is 1.78. The summed E-state index contributed by atoms with van der Waals surface area (Å²) in [5.74, 6) is 0.620. The van der Waals surface area contributed by atoms with Gasteiger partial charge in [-0.2, -0.15) is 0 Å². The molecule has 1 heterocycles. The quantitative estimate of drug-likeness (QED) is 0.803. The number of nitrogens with one attached hydrogen (secondary N) is 1. The first-order valence-corrected chi connectivity index (χ1v) is 7.29. The highest BCUT2D eigenvalue weighted by Crippen LogP contribution is 2.55. The van der Waals surface area contributed by atoms with Crippen molar-refractivity contribution in [2.45, 2.75) is 36.8 Å². The molecule has 2 aliphatic rings. The molecular weight excluding hydrogens is 230 g/mol. The average Bonchev–Trinajstić information content (AvgIpc) is 3.25. The molecule has 1 nitrogen and oxygen atoms in total. The summed E-state index contributed by atoms with van der Waals surface area (Å²) in [5.41, 5.74) is 3.16. The van der Waals surface area contributed by atoms with E-state index in [1.165, 1.54) is 30.4 Å². The van der Waals surface area contributed by atoms with Crippen molar-refractivity contribution in [3.8, 4) is 0 Å². The molecule has 0 spiro atoms. The molecule has 0 amide bonds. The molecule has 0 radical (unpaired) electrons. The van der Waals surface area contributed by atoms with Crippen LogP contribution in [0.5, 0.6) is 0 Å². The first kappa shape index (κ1) is 11.2. The van der Waals surface area contributed by atoms with E-state index in [2.05, 4.69) is 66.0 Å². The van der Waals surface area contributed by atoms with E-state index in [4.69, 9.17) is 0 Å². The zero-order chi connectivity index (χ0) is 12.7. The van der Waals surface area contributed by atoms with E-state index in [-0.39, 0.29) is 5.54 Å². The standard InChI is InChI=1S/C18H19N/c1-3-8-14(9-4-1)16-12-7-13-17-18(16,19-17)15-10-5-2-6-11-15/h1-6,8-11,16-17,19H,7,12-13H2/t16-,17?,18+/m0/s1. The molecule has 2 aromatic carbocycles. The molecule has 1 aliphatic heterocycles. The summed E-state index contributed by atoms with van der Waals surface area (Å²) >= 11 is 0. The van der Waals surface area contributed by atoms with Gasteiger partial charge >= 0.3 is 0 Å². The smallest absolute Gasteiger partial charge is 0.0662 e. The third kappa shape index (κ3) is 1.65. The second-order valence-electron chi connectivity index (χ2n) is 5.83. The van der Waals surface area contributed by atoms with Gasteiger partial charge in [0, 0.05) is 12.0 Å². The zero-order valence-corrected chi connectivity index (χ0v) is 11.0. The predicted molar refractivity (Wildman–Crippen MR) is 78.1 cm³/mol. The first-order valence-electron chi connectivity index (χ1n) is 7.29. The van der Waals surface area contributed by atoms with Crippen molar-refractivity contribution in [1.82, 2.24) is 5.32 Å². The summed E-state index contributed by atoms with van der Waals surface area (Å²) in [6.45, 7) is 0. The number of rotatable bonds is 2. The molecule has 1 heteroatoms. The molecule has 1 saturated heterocycles. The fourth-order valence-corrected chi connectivity index (χ4v) is 3.96. The number of hydrogen-bond donors (Lipinski definition) is 1. The van der Waals surface area contributed by atoms with Crippen LogP contribution in [0.4, 0.5) is 0 Å². The Morgan fingerprint density at radius 2 is 1.53 bits per heavy atom. The lowest BCUT2D eigenvalue weighted by molar-refractivity contribution is 0.399. The van der Waals surface area contributed by atoms with Gasteiger partial charge in [-0.3, -0.25) is 0 Å². The molecule has 0 aromatic heterocycles. The van der Waals surface area contributed by atoms with Crippen molar-refractivity contribution < 1.29 is 0 Å². The average molecular weight is 249 g/mol. The third-order valence-corrected chi connectivity index (χ3v) is 4.87. The largest absolute Gasteiger partial charge is 0.301 e. The van der Waals surface area contributed by atoms with Crippen LogP contribution in [0, 0.1) is 0 Å². The van der Waals surface area contributed by atoms with Gasteiger partial charge in [-0.15, -0.1) is 0 Å². The van der Waals surface area contributed by atoms with Gasteiger partial charge in [-0.25, -0.2) is 0 Å². The Morgan fingerprint density at radius 1 is 0.842 bits per heavy atom. The highest BCUT2D eigenvalue weighted by Gasteiger charge is 2.61. The number of benzene rings is 2. The molecule has 2 fully saturated rings. The molecule has 1 unspecified atom stereocenters. The van der Waals surface area contributed by atoms with Crippen LogP contribution in [0.1, 0.15) is 36.3 Å². The van der Waals surface area contributed by atoms with Crippen LogP contribution in [-0.2, 0) is 5.54 Å². The molecule has 96 valence electrons. The second kappa shape index (κ2) is 4.21. The van der Waals surface area contributed by atoms with Crippen molar-refractivity contribution in [1.29, 1.82) is 0 Å². The molecule has 2 aromatic rings. The summed E-state index contributed by atoms with van der Waals surface area (Å²) in [6, 6.07) is 22.7. The van der Waals surface area contributed by atoms with E-state index < -0.39 is 0 Å². The Hall–Kier alpha value is -1.60. The molecule has 0 bridgehead atoms. The highest BCUT2D eigenvalue weighted by atomic mass is 15.2. The maximum atomic E-state index is 3.81. The number of fused-ring (bicyclic) bond motifs is 1. The maximum absolute atomic E-state index is 3.81. The minimum atomic E-state index is 0.209. The molecular formula is C18H19N. The van der Waals surface area contributed by atoms with E-state index in [1.54, 1.807) is 0 Å². The highest BCUT2D eigenvalue weighted by molar-refractivity contribution is 5.42. The van der Waals surface area contributed by atoms with Gasteiger partial charge in [0.2, 0.25) is 0 Å². The lowest BCUT2D eigenvalue weighted by Crippen LogP contribution is -2.28. The first-order chi connectivity index (χ1) is 9.41. The normalized spacial score (nSPS) is 32.6. The van der Waals surface area contributed by atoms with Gasteiger partial charge in [0.15, 0.2) is 0 Å². The van der Waals surface area contributed by atoms with E-state index in [1.807, 2.05) is 0 Å². The van der Waals surface area contributed by atoms with Crippen LogP contribution in [0.3, 0.4) is 0 Å². The minimum absolute atomic E-state index is 0.209. The fourth-order valence-electron chi connectivity index (χ4n) is 3.96. The van der Waals surface area contributed by atoms with Gasteiger partial charge in [0.25, 0.3) is 0 Å². The Bertz CT molecular complexity index is 563. The number of hydrogen-bond acceptors (Lipinski definition) is 1. The van der Waals surface area contributed by atoms with Gasteiger partial charge in [-0.1, -0.05) is 67.1 Å². The summed E-state index contributed by atoms with van der Waals surface area (Å²) in [7, 11) is 0. The fraction of sp³-hybridized carbons (Fsp3) is 0.333. The Morgan fingerprint density at radius 3 is 2.26 bits per heavy atom.